The predicted molar refractivity (Wildman–Crippen MR) is 76.5 cm³/mol. The van der Waals surface area contributed by atoms with Crippen LogP contribution in [0.2, 0.25) is 0 Å². The fraction of sp³-hybridized carbons (Fsp3) is 0. The van der Waals surface area contributed by atoms with Gasteiger partial charge in [0.25, 0.3) is 0 Å². The van der Waals surface area contributed by atoms with Gasteiger partial charge in [0.2, 0.25) is 0 Å². The number of hydrogen-bond donors (Lipinski definition) is 1. The number of carboxylic acid groups (broad SMARTS) is 1. The summed E-state index contributed by atoms with van der Waals surface area (Å²) in [7, 11) is 0. The molecule has 0 aliphatic carbocycles. The summed E-state index contributed by atoms with van der Waals surface area (Å²) in [5.41, 5.74) is 2.37. The Labute approximate surface area is 114 Å². The first-order valence-corrected chi connectivity index (χ1v) is 6.21. The summed E-state index contributed by atoms with van der Waals surface area (Å²) in [6, 6.07) is 14.8. The number of hydrogen-bond acceptors (Lipinski definition) is 1. The van der Waals surface area contributed by atoms with Gasteiger partial charge in [-0.1, -0.05) is 52.3 Å². The molecule has 0 unspecified atom stereocenters. The second kappa shape index (κ2) is 5.65. The van der Waals surface area contributed by atoms with Crippen LogP contribution in [0.3, 0.4) is 0 Å². The smallest absolute Gasteiger partial charge is 0.335 e. The third kappa shape index (κ3) is 3.31. The second-order valence-electron chi connectivity index (χ2n) is 3.81. The molecule has 2 rings (SSSR count). The van der Waals surface area contributed by atoms with Gasteiger partial charge in [0.05, 0.1) is 5.56 Å². The Bertz CT molecular complexity index is 568. The van der Waals surface area contributed by atoms with Crippen LogP contribution in [0.5, 0.6) is 0 Å². The highest BCUT2D eigenvalue weighted by Gasteiger charge is 1.99. The molecular weight excluding hydrogens is 292 g/mol. The van der Waals surface area contributed by atoms with Crippen molar-refractivity contribution >= 4 is 34.1 Å². The van der Waals surface area contributed by atoms with Crippen molar-refractivity contribution in [3.05, 3.63) is 69.7 Å². The van der Waals surface area contributed by atoms with E-state index in [2.05, 4.69) is 15.9 Å². The summed E-state index contributed by atoms with van der Waals surface area (Å²) in [4.78, 5) is 10.7. The van der Waals surface area contributed by atoms with Gasteiger partial charge < -0.3 is 5.11 Å². The zero-order valence-corrected chi connectivity index (χ0v) is 11.1. The number of rotatable bonds is 3. The van der Waals surface area contributed by atoms with Crippen LogP contribution in [0.4, 0.5) is 0 Å². The zero-order chi connectivity index (χ0) is 13.0. The highest BCUT2D eigenvalue weighted by Crippen LogP contribution is 2.13. The molecule has 0 aliphatic rings. The number of carbonyl (C=O) groups is 1. The highest BCUT2D eigenvalue weighted by molar-refractivity contribution is 9.10. The minimum Gasteiger partial charge on any atom is -0.478 e. The molecule has 2 aromatic carbocycles. The van der Waals surface area contributed by atoms with Crippen molar-refractivity contribution in [3.8, 4) is 0 Å². The van der Waals surface area contributed by atoms with E-state index in [1.807, 2.05) is 36.4 Å². The van der Waals surface area contributed by atoms with E-state index in [0.29, 0.717) is 5.56 Å². The standard InChI is InChI=1S/C15H11BrO2/c16-14-9-5-12(6-10-14)2-1-11-3-7-13(8-4-11)15(17)18/h1-10H,(H,17,18)/b2-1+. The van der Waals surface area contributed by atoms with Gasteiger partial charge >= 0.3 is 5.97 Å². The van der Waals surface area contributed by atoms with E-state index in [9.17, 15) is 4.79 Å². The van der Waals surface area contributed by atoms with Gasteiger partial charge in [-0.2, -0.15) is 0 Å². The molecule has 0 aromatic heterocycles. The summed E-state index contributed by atoms with van der Waals surface area (Å²) in [5.74, 6) is -0.904. The summed E-state index contributed by atoms with van der Waals surface area (Å²) in [6.07, 6.45) is 3.94. The summed E-state index contributed by atoms with van der Waals surface area (Å²) in [5, 5.41) is 8.79. The maximum Gasteiger partial charge on any atom is 0.335 e. The summed E-state index contributed by atoms with van der Waals surface area (Å²) in [6.45, 7) is 0. The van der Waals surface area contributed by atoms with Crippen molar-refractivity contribution in [1.29, 1.82) is 0 Å². The third-order valence-corrected chi connectivity index (χ3v) is 3.02. The van der Waals surface area contributed by atoms with Crippen LogP contribution in [0.25, 0.3) is 12.2 Å². The Morgan fingerprint density at radius 3 is 1.78 bits per heavy atom. The summed E-state index contributed by atoms with van der Waals surface area (Å²) < 4.78 is 1.05. The maximum atomic E-state index is 10.7. The van der Waals surface area contributed by atoms with Crippen LogP contribution >= 0.6 is 15.9 Å². The Hall–Kier alpha value is -1.87. The molecule has 0 atom stereocenters. The number of carboxylic acids is 1. The lowest BCUT2D eigenvalue weighted by molar-refractivity contribution is 0.0697. The molecule has 0 amide bonds. The predicted octanol–water partition coefficient (Wildman–Crippen LogP) is 4.32. The van der Waals surface area contributed by atoms with E-state index in [0.717, 1.165) is 15.6 Å². The first-order valence-electron chi connectivity index (χ1n) is 5.42. The summed E-state index contributed by atoms with van der Waals surface area (Å²) >= 11 is 3.38. The Balaban J connectivity index is 2.13. The van der Waals surface area contributed by atoms with Gasteiger partial charge in [-0.3, -0.25) is 0 Å². The van der Waals surface area contributed by atoms with E-state index in [1.165, 1.54) is 0 Å². The van der Waals surface area contributed by atoms with Crippen molar-refractivity contribution in [1.82, 2.24) is 0 Å². The van der Waals surface area contributed by atoms with Crippen LogP contribution in [0.15, 0.2) is 53.0 Å². The molecule has 0 radical (unpaired) electrons. The molecule has 0 saturated carbocycles. The van der Waals surface area contributed by atoms with E-state index < -0.39 is 5.97 Å². The van der Waals surface area contributed by atoms with E-state index in [4.69, 9.17) is 5.11 Å². The molecule has 1 N–H and O–H groups in total. The fourth-order valence-corrected chi connectivity index (χ4v) is 1.77. The SMILES string of the molecule is O=C(O)c1ccc(/C=C/c2ccc(Br)cc2)cc1. The maximum absolute atomic E-state index is 10.7. The van der Waals surface area contributed by atoms with Gasteiger partial charge in [-0.15, -0.1) is 0 Å². The van der Waals surface area contributed by atoms with Gasteiger partial charge in [0.1, 0.15) is 0 Å². The zero-order valence-electron chi connectivity index (χ0n) is 9.51. The number of aromatic carboxylic acids is 1. The second-order valence-corrected chi connectivity index (χ2v) is 4.73. The van der Waals surface area contributed by atoms with E-state index in [-0.39, 0.29) is 0 Å². The molecule has 2 nitrogen and oxygen atoms in total. The highest BCUT2D eigenvalue weighted by atomic mass is 79.9. The molecule has 18 heavy (non-hydrogen) atoms. The number of halogens is 1. The van der Waals surface area contributed by atoms with Crippen LogP contribution < -0.4 is 0 Å². The monoisotopic (exact) mass is 302 g/mol. The quantitative estimate of drug-likeness (QED) is 0.858. The number of benzene rings is 2. The average molecular weight is 303 g/mol. The lowest BCUT2D eigenvalue weighted by Crippen LogP contribution is -1.94. The largest absolute Gasteiger partial charge is 0.478 e. The van der Waals surface area contributed by atoms with Crippen molar-refractivity contribution in [2.75, 3.05) is 0 Å². The molecule has 0 bridgehead atoms. The molecule has 0 spiro atoms. The topological polar surface area (TPSA) is 37.3 Å². The Morgan fingerprint density at radius 2 is 1.33 bits per heavy atom. The van der Waals surface area contributed by atoms with E-state index >= 15 is 0 Å². The van der Waals surface area contributed by atoms with Crippen LogP contribution in [-0.2, 0) is 0 Å². The molecule has 3 heteroatoms. The molecule has 0 heterocycles. The van der Waals surface area contributed by atoms with Crippen molar-refractivity contribution in [2.24, 2.45) is 0 Å². The van der Waals surface area contributed by atoms with Gasteiger partial charge in [0, 0.05) is 4.47 Å². The van der Waals surface area contributed by atoms with Gasteiger partial charge in [-0.05, 0) is 35.4 Å². The molecule has 0 saturated heterocycles. The van der Waals surface area contributed by atoms with E-state index in [1.54, 1.807) is 24.3 Å². The van der Waals surface area contributed by atoms with Crippen molar-refractivity contribution < 1.29 is 9.90 Å². The van der Waals surface area contributed by atoms with Crippen LogP contribution in [0.1, 0.15) is 21.5 Å². The fourth-order valence-electron chi connectivity index (χ4n) is 1.50. The van der Waals surface area contributed by atoms with Crippen molar-refractivity contribution in [2.45, 2.75) is 0 Å². The lowest BCUT2D eigenvalue weighted by Gasteiger charge is -1.97. The van der Waals surface area contributed by atoms with Gasteiger partial charge in [0.15, 0.2) is 0 Å². The molecule has 90 valence electrons. The average Bonchev–Trinajstić information content (AvgIpc) is 2.38. The minimum atomic E-state index is -0.904. The Morgan fingerprint density at radius 1 is 0.889 bits per heavy atom. The normalized spacial score (nSPS) is 10.7. The van der Waals surface area contributed by atoms with Crippen LogP contribution in [-0.4, -0.2) is 11.1 Å². The Kier molecular flexibility index (Phi) is 3.95. The molecule has 0 aliphatic heterocycles. The van der Waals surface area contributed by atoms with Crippen LogP contribution in [0, 0.1) is 0 Å². The minimum absolute atomic E-state index is 0.302. The molecular formula is C15H11BrO2. The third-order valence-electron chi connectivity index (χ3n) is 2.50. The van der Waals surface area contributed by atoms with Crippen molar-refractivity contribution in [3.63, 3.8) is 0 Å². The first kappa shape index (κ1) is 12.6. The molecule has 2 aromatic rings. The van der Waals surface area contributed by atoms with Gasteiger partial charge in [-0.25, -0.2) is 4.79 Å². The molecule has 0 fully saturated rings. The lowest BCUT2D eigenvalue weighted by atomic mass is 10.1. The first-order chi connectivity index (χ1) is 8.65.